The van der Waals surface area contributed by atoms with E-state index in [1.54, 1.807) is 0 Å². The highest BCUT2D eigenvalue weighted by Gasteiger charge is 2.06. The standard InChI is InChI=1S/C21H26N2O.C2H2O4/c1-16(2)18-11-10-17(3)21(14-18)24-13-7-6-12-23-15-22-19-8-4-5-9-20(19)23;3-1(4)2(5)6/h4-5,8-11,14-16H,6-7,12-13H2,1-3H3;(H,3,4)(H,5,6). The number of carbonyl (C=O) groups is 2. The average Bonchev–Trinajstić information content (AvgIpc) is 3.12. The molecule has 0 aliphatic heterocycles. The molecule has 0 radical (unpaired) electrons. The number of aliphatic carboxylic acids is 2. The summed E-state index contributed by atoms with van der Waals surface area (Å²) in [7, 11) is 0. The van der Waals surface area contributed by atoms with E-state index in [0.717, 1.165) is 37.3 Å². The maximum Gasteiger partial charge on any atom is 0.414 e. The third-order valence-corrected chi connectivity index (χ3v) is 4.64. The maximum atomic E-state index is 9.10. The summed E-state index contributed by atoms with van der Waals surface area (Å²) in [6.45, 7) is 8.27. The lowest BCUT2D eigenvalue weighted by Crippen LogP contribution is -2.09. The number of ether oxygens (including phenoxy) is 1. The molecule has 0 bridgehead atoms. The van der Waals surface area contributed by atoms with Crippen LogP contribution in [0.15, 0.2) is 48.8 Å². The van der Waals surface area contributed by atoms with Crippen molar-refractivity contribution in [3.05, 3.63) is 59.9 Å². The van der Waals surface area contributed by atoms with E-state index in [4.69, 9.17) is 24.5 Å². The zero-order valence-corrected chi connectivity index (χ0v) is 17.5. The van der Waals surface area contributed by atoms with Crippen molar-refractivity contribution in [2.24, 2.45) is 0 Å². The van der Waals surface area contributed by atoms with Crippen LogP contribution in [0.3, 0.4) is 0 Å². The molecule has 2 N–H and O–H groups in total. The van der Waals surface area contributed by atoms with Gasteiger partial charge in [-0.3, -0.25) is 0 Å². The van der Waals surface area contributed by atoms with Crippen molar-refractivity contribution in [3.8, 4) is 5.75 Å². The van der Waals surface area contributed by atoms with Crippen LogP contribution in [-0.4, -0.2) is 38.3 Å². The third-order valence-electron chi connectivity index (χ3n) is 4.64. The van der Waals surface area contributed by atoms with Crippen molar-refractivity contribution in [1.82, 2.24) is 9.55 Å². The van der Waals surface area contributed by atoms with Crippen LogP contribution in [0.25, 0.3) is 11.0 Å². The number of rotatable bonds is 7. The molecule has 30 heavy (non-hydrogen) atoms. The van der Waals surface area contributed by atoms with E-state index < -0.39 is 11.9 Å². The Morgan fingerprint density at radius 1 is 1.07 bits per heavy atom. The Morgan fingerprint density at radius 3 is 2.43 bits per heavy atom. The molecular weight excluding hydrogens is 384 g/mol. The fraction of sp³-hybridized carbons (Fsp3) is 0.348. The number of benzene rings is 2. The van der Waals surface area contributed by atoms with Gasteiger partial charge < -0.3 is 19.5 Å². The average molecular weight is 412 g/mol. The summed E-state index contributed by atoms with van der Waals surface area (Å²) in [5.41, 5.74) is 4.81. The van der Waals surface area contributed by atoms with Crippen LogP contribution in [0.5, 0.6) is 5.75 Å². The normalized spacial score (nSPS) is 10.5. The molecular formula is C23H28N2O5. The second kappa shape index (κ2) is 11.0. The zero-order valence-electron chi connectivity index (χ0n) is 17.5. The highest BCUT2D eigenvalue weighted by atomic mass is 16.5. The fourth-order valence-corrected chi connectivity index (χ4v) is 2.89. The highest BCUT2D eigenvalue weighted by Crippen LogP contribution is 2.24. The van der Waals surface area contributed by atoms with E-state index in [-0.39, 0.29) is 0 Å². The predicted molar refractivity (Wildman–Crippen MR) is 115 cm³/mol. The molecule has 0 aliphatic carbocycles. The number of hydrogen-bond acceptors (Lipinski definition) is 4. The van der Waals surface area contributed by atoms with Gasteiger partial charge in [-0.15, -0.1) is 0 Å². The molecule has 7 heteroatoms. The van der Waals surface area contributed by atoms with Crippen LogP contribution in [-0.2, 0) is 16.1 Å². The number of nitrogens with zero attached hydrogens (tertiary/aromatic N) is 2. The Balaban J connectivity index is 0.000000469. The summed E-state index contributed by atoms with van der Waals surface area (Å²) in [5.74, 6) is -2.10. The van der Waals surface area contributed by atoms with Gasteiger partial charge in [0.05, 0.1) is 24.0 Å². The van der Waals surface area contributed by atoms with Gasteiger partial charge in [-0.05, 0) is 55.0 Å². The second-order valence-corrected chi connectivity index (χ2v) is 7.27. The third kappa shape index (κ3) is 6.62. The minimum Gasteiger partial charge on any atom is -0.493 e. The number of imidazole rings is 1. The Kier molecular flexibility index (Phi) is 8.41. The molecule has 0 aliphatic rings. The van der Waals surface area contributed by atoms with Gasteiger partial charge in [0.1, 0.15) is 5.75 Å². The van der Waals surface area contributed by atoms with E-state index in [1.807, 2.05) is 12.4 Å². The van der Waals surface area contributed by atoms with Crippen LogP contribution >= 0.6 is 0 Å². The summed E-state index contributed by atoms with van der Waals surface area (Å²) in [4.78, 5) is 22.6. The number of fused-ring (bicyclic) bond motifs is 1. The molecule has 160 valence electrons. The van der Waals surface area contributed by atoms with Crippen LogP contribution in [0.4, 0.5) is 0 Å². The van der Waals surface area contributed by atoms with Gasteiger partial charge in [-0.25, -0.2) is 14.6 Å². The first-order chi connectivity index (χ1) is 14.3. The highest BCUT2D eigenvalue weighted by molar-refractivity contribution is 6.27. The SMILES string of the molecule is Cc1ccc(C(C)C)cc1OCCCCn1cnc2ccccc21.O=C(O)C(=O)O. The van der Waals surface area contributed by atoms with E-state index in [0.29, 0.717) is 5.92 Å². The summed E-state index contributed by atoms with van der Waals surface area (Å²) in [6, 6.07) is 14.8. The Morgan fingerprint density at radius 2 is 1.77 bits per heavy atom. The number of unbranched alkanes of at least 4 members (excludes halogenated alkanes) is 1. The van der Waals surface area contributed by atoms with Crippen molar-refractivity contribution in [2.45, 2.75) is 46.1 Å². The maximum absolute atomic E-state index is 9.10. The molecule has 0 amide bonds. The minimum atomic E-state index is -1.82. The number of carboxylic acid groups (broad SMARTS) is 2. The summed E-state index contributed by atoms with van der Waals surface area (Å²) < 4.78 is 8.23. The molecule has 0 atom stereocenters. The van der Waals surface area contributed by atoms with Crippen LogP contribution in [0.2, 0.25) is 0 Å². The van der Waals surface area contributed by atoms with Crippen LogP contribution in [0.1, 0.15) is 43.7 Å². The van der Waals surface area contributed by atoms with Gasteiger partial charge in [0.15, 0.2) is 0 Å². The molecule has 2 aromatic carbocycles. The second-order valence-electron chi connectivity index (χ2n) is 7.27. The molecule has 0 spiro atoms. The first-order valence-corrected chi connectivity index (χ1v) is 9.89. The van der Waals surface area contributed by atoms with Gasteiger partial charge in [-0.2, -0.15) is 0 Å². The zero-order chi connectivity index (χ0) is 22.1. The summed E-state index contributed by atoms with van der Waals surface area (Å²) in [6.07, 6.45) is 4.06. The van der Waals surface area contributed by atoms with Crippen molar-refractivity contribution < 1.29 is 24.5 Å². The molecule has 0 saturated heterocycles. The minimum absolute atomic E-state index is 0.530. The molecule has 1 heterocycles. The lowest BCUT2D eigenvalue weighted by Gasteiger charge is -2.13. The van der Waals surface area contributed by atoms with Gasteiger partial charge in [0, 0.05) is 6.54 Å². The smallest absolute Gasteiger partial charge is 0.414 e. The van der Waals surface area contributed by atoms with E-state index in [1.165, 1.54) is 16.6 Å². The predicted octanol–water partition coefficient (Wildman–Crippen LogP) is 4.48. The van der Waals surface area contributed by atoms with Crippen LogP contribution < -0.4 is 4.74 Å². The summed E-state index contributed by atoms with van der Waals surface area (Å²) in [5, 5.41) is 14.8. The monoisotopic (exact) mass is 412 g/mol. The lowest BCUT2D eigenvalue weighted by molar-refractivity contribution is -0.159. The van der Waals surface area contributed by atoms with E-state index >= 15 is 0 Å². The first kappa shape index (κ1) is 22.9. The van der Waals surface area contributed by atoms with E-state index in [2.05, 4.69) is 66.7 Å². The molecule has 3 aromatic rings. The molecule has 0 saturated carbocycles. The van der Waals surface area contributed by atoms with Crippen molar-refractivity contribution in [1.29, 1.82) is 0 Å². The van der Waals surface area contributed by atoms with Gasteiger partial charge in [0.25, 0.3) is 0 Å². The summed E-state index contributed by atoms with van der Waals surface area (Å²) >= 11 is 0. The number of hydrogen-bond donors (Lipinski definition) is 2. The van der Waals surface area contributed by atoms with Crippen molar-refractivity contribution >= 4 is 23.0 Å². The van der Waals surface area contributed by atoms with Crippen LogP contribution in [0, 0.1) is 6.92 Å². The van der Waals surface area contributed by atoms with Crippen molar-refractivity contribution in [2.75, 3.05) is 6.61 Å². The Hall–Kier alpha value is -3.35. The number of para-hydroxylation sites is 2. The molecule has 0 fully saturated rings. The number of aromatic nitrogens is 2. The van der Waals surface area contributed by atoms with Gasteiger partial charge >= 0.3 is 11.9 Å². The molecule has 1 aromatic heterocycles. The Bertz CT molecular complexity index is 982. The Labute approximate surface area is 175 Å². The number of carboxylic acids is 2. The van der Waals surface area contributed by atoms with Gasteiger partial charge in [-0.1, -0.05) is 38.1 Å². The molecule has 3 rings (SSSR count). The number of aryl methyl sites for hydroxylation is 2. The molecule has 0 unspecified atom stereocenters. The largest absolute Gasteiger partial charge is 0.493 e. The quantitative estimate of drug-likeness (QED) is 0.438. The van der Waals surface area contributed by atoms with Gasteiger partial charge in [0.2, 0.25) is 0 Å². The topological polar surface area (TPSA) is 102 Å². The first-order valence-electron chi connectivity index (χ1n) is 9.89. The molecule has 7 nitrogen and oxygen atoms in total. The fourth-order valence-electron chi connectivity index (χ4n) is 2.89. The van der Waals surface area contributed by atoms with Crippen molar-refractivity contribution in [3.63, 3.8) is 0 Å². The van der Waals surface area contributed by atoms with E-state index in [9.17, 15) is 0 Å². The lowest BCUT2D eigenvalue weighted by atomic mass is 10.0.